The highest BCUT2D eigenvalue weighted by atomic mass is 35.5. The molecule has 2 aromatic carbocycles. The number of aliphatic imine (C=N–C) groups is 1. The molecule has 5 nitrogen and oxygen atoms in total. The molecule has 1 N–H and O–H groups in total. The standard InChI is InChI=1S/C19H18Cl2N2O3/c1-19(2)11-25-17(23-19)16(12-6-4-3-5-7-12)26-18(24)22-15-9-13(20)8-14(21)10-15/h3-10,16H,11H2,1-2H3,(H,22,24). The molecule has 1 heterocycles. The van der Waals surface area contributed by atoms with E-state index in [0.717, 1.165) is 5.56 Å². The first kappa shape index (κ1) is 18.5. The zero-order valence-corrected chi connectivity index (χ0v) is 15.8. The van der Waals surface area contributed by atoms with E-state index in [9.17, 15) is 4.79 Å². The summed E-state index contributed by atoms with van der Waals surface area (Å²) in [6, 6.07) is 14.1. The average Bonchev–Trinajstić information content (AvgIpc) is 2.92. The Hall–Kier alpha value is -2.24. The summed E-state index contributed by atoms with van der Waals surface area (Å²) in [5.74, 6) is 0.375. The Bertz CT molecular complexity index is 818. The van der Waals surface area contributed by atoms with Crippen molar-refractivity contribution in [1.82, 2.24) is 0 Å². The van der Waals surface area contributed by atoms with Crippen molar-refractivity contribution in [3.63, 3.8) is 0 Å². The van der Waals surface area contributed by atoms with E-state index in [1.807, 2.05) is 44.2 Å². The summed E-state index contributed by atoms with van der Waals surface area (Å²) in [6.45, 7) is 4.34. The van der Waals surface area contributed by atoms with Crippen LogP contribution in [-0.2, 0) is 9.47 Å². The third-order valence-electron chi connectivity index (χ3n) is 3.65. The lowest BCUT2D eigenvalue weighted by molar-refractivity contribution is 0.128. The van der Waals surface area contributed by atoms with Crippen molar-refractivity contribution >= 4 is 40.9 Å². The maximum atomic E-state index is 12.4. The van der Waals surface area contributed by atoms with Crippen LogP contribution in [0.4, 0.5) is 10.5 Å². The minimum absolute atomic E-state index is 0.358. The van der Waals surface area contributed by atoms with E-state index < -0.39 is 12.2 Å². The molecule has 2 aromatic rings. The number of anilines is 1. The zero-order valence-electron chi connectivity index (χ0n) is 14.3. The molecular weight excluding hydrogens is 375 g/mol. The summed E-state index contributed by atoms with van der Waals surface area (Å²) < 4.78 is 11.3. The Kier molecular flexibility index (Phi) is 5.39. The van der Waals surface area contributed by atoms with Crippen molar-refractivity contribution in [2.45, 2.75) is 25.5 Å². The summed E-state index contributed by atoms with van der Waals surface area (Å²) in [6.07, 6.45) is -1.40. The number of nitrogens with zero attached hydrogens (tertiary/aromatic N) is 1. The summed E-state index contributed by atoms with van der Waals surface area (Å²) in [5.41, 5.74) is 0.847. The second-order valence-electron chi connectivity index (χ2n) is 6.53. The Balaban J connectivity index is 1.81. The molecule has 0 radical (unpaired) electrons. The Morgan fingerprint density at radius 2 is 1.85 bits per heavy atom. The molecule has 0 spiro atoms. The van der Waals surface area contributed by atoms with Crippen molar-refractivity contribution in [3.8, 4) is 0 Å². The van der Waals surface area contributed by atoms with E-state index in [4.69, 9.17) is 32.7 Å². The van der Waals surface area contributed by atoms with Crippen LogP contribution in [0.25, 0.3) is 0 Å². The van der Waals surface area contributed by atoms with Crippen LogP contribution in [0.1, 0.15) is 25.5 Å². The smallest absolute Gasteiger partial charge is 0.412 e. The molecule has 136 valence electrons. The number of halogens is 2. The minimum atomic E-state index is -0.743. The molecule has 0 aromatic heterocycles. The average molecular weight is 393 g/mol. The fourth-order valence-corrected chi connectivity index (χ4v) is 3.04. The molecule has 3 rings (SSSR count). The molecule has 7 heteroatoms. The van der Waals surface area contributed by atoms with Gasteiger partial charge in [-0.1, -0.05) is 53.5 Å². The molecule has 0 saturated carbocycles. The van der Waals surface area contributed by atoms with Crippen LogP contribution >= 0.6 is 23.2 Å². The van der Waals surface area contributed by atoms with Gasteiger partial charge in [-0.2, -0.15) is 0 Å². The van der Waals surface area contributed by atoms with Crippen LogP contribution in [-0.4, -0.2) is 24.1 Å². The van der Waals surface area contributed by atoms with Crippen molar-refractivity contribution in [1.29, 1.82) is 0 Å². The number of amides is 1. The second-order valence-corrected chi connectivity index (χ2v) is 7.40. The normalized spacial score (nSPS) is 16.4. The fraction of sp³-hybridized carbons (Fsp3) is 0.263. The van der Waals surface area contributed by atoms with Crippen molar-refractivity contribution in [3.05, 3.63) is 64.1 Å². The van der Waals surface area contributed by atoms with Gasteiger partial charge in [-0.15, -0.1) is 0 Å². The van der Waals surface area contributed by atoms with Gasteiger partial charge in [0, 0.05) is 21.3 Å². The van der Waals surface area contributed by atoms with Crippen LogP contribution in [0.3, 0.4) is 0 Å². The Labute approximate surface area is 161 Å². The number of carbonyl (C=O) groups excluding carboxylic acids is 1. The topological polar surface area (TPSA) is 59.9 Å². The van der Waals surface area contributed by atoms with Gasteiger partial charge in [0.2, 0.25) is 12.0 Å². The van der Waals surface area contributed by atoms with Crippen LogP contribution in [0.2, 0.25) is 10.0 Å². The van der Waals surface area contributed by atoms with E-state index in [2.05, 4.69) is 10.3 Å². The summed E-state index contributed by atoms with van der Waals surface area (Å²) in [7, 11) is 0. The molecule has 1 aliphatic rings. The lowest BCUT2D eigenvalue weighted by atomic mass is 10.1. The number of hydrogen-bond acceptors (Lipinski definition) is 4. The largest absolute Gasteiger partial charge is 0.475 e. The molecule has 0 aliphatic carbocycles. The molecule has 0 fully saturated rings. The number of benzene rings is 2. The molecule has 1 atom stereocenters. The van der Waals surface area contributed by atoms with E-state index >= 15 is 0 Å². The highest BCUT2D eigenvalue weighted by Crippen LogP contribution is 2.28. The molecular formula is C19H18Cl2N2O3. The zero-order chi connectivity index (χ0) is 18.7. The van der Waals surface area contributed by atoms with Crippen LogP contribution in [0, 0.1) is 0 Å². The van der Waals surface area contributed by atoms with Gasteiger partial charge < -0.3 is 9.47 Å². The summed E-state index contributed by atoms with van der Waals surface area (Å²) in [4.78, 5) is 16.9. The third-order valence-corrected chi connectivity index (χ3v) is 4.08. The van der Waals surface area contributed by atoms with Gasteiger partial charge >= 0.3 is 6.09 Å². The molecule has 1 unspecified atom stereocenters. The predicted molar refractivity (Wildman–Crippen MR) is 103 cm³/mol. The van der Waals surface area contributed by atoms with Gasteiger partial charge in [0.1, 0.15) is 6.61 Å². The first-order chi connectivity index (χ1) is 12.3. The van der Waals surface area contributed by atoms with Crippen LogP contribution < -0.4 is 5.32 Å². The van der Waals surface area contributed by atoms with Crippen LogP contribution in [0.15, 0.2) is 53.5 Å². The maximum Gasteiger partial charge on any atom is 0.412 e. The predicted octanol–water partition coefficient (Wildman–Crippen LogP) is 5.49. The highest BCUT2D eigenvalue weighted by Gasteiger charge is 2.34. The van der Waals surface area contributed by atoms with Crippen LogP contribution in [0.5, 0.6) is 0 Å². The molecule has 0 saturated heterocycles. The number of carbonyl (C=O) groups is 1. The maximum absolute atomic E-state index is 12.4. The number of hydrogen-bond donors (Lipinski definition) is 1. The van der Waals surface area contributed by atoms with Crippen molar-refractivity contribution < 1.29 is 14.3 Å². The molecule has 26 heavy (non-hydrogen) atoms. The Morgan fingerprint density at radius 1 is 1.19 bits per heavy atom. The van der Waals surface area contributed by atoms with Gasteiger partial charge in [-0.05, 0) is 32.0 Å². The van der Waals surface area contributed by atoms with E-state index in [0.29, 0.717) is 28.2 Å². The lowest BCUT2D eigenvalue weighted by Gasteiger charge is -2.18. The molecule has 1 aliphatic heterocycles. The third kappa shape index (κ3) is 4.68. The van der Waals surface area contributed by atoms with Gasteiger partial charge in [0.15, 0.2) is 0 Å². The SMILES string of the molecule is CC1(C)COC(C(OC(=O)Nc2cc(Cl)cc(Cl)c2)c2ccccc2)=N1. The lowest BCUT2D eigenvalue weighted by Crippen LogP contribution is -2.23. The Morgan fingerprint density at radius 3 is 2.42 bits per heavy atom. The van der Waals surface area contributed by atoms with Crippen molar-refractivity contribution in [2.75, 3.05) is 11.9 Å². The van der Waals surface area contributed by atoms with Gasteiger partial charge in [0.25, 0.3) is 0 Å². The summed E-state index contributed by atoms with van der Waals surface area (Å²) in [5, 5.41) is 3.46. The number of ether oxygens (including phenoxy) is 2. The minimum Gasteiger partial charge on any atom is -0.475 e. The number of nitrogens with one attached hydrogen (secondary N) is 1. The van der Waals surface area contributed by atoms with E-state index in [-0.39, 0.29) is 5.54 Å². The fourth-order valence-electron chi connectivity index (χ4n) is 2.52. The first-order valence-electron chi connectivity index (χ1n) is 8.04. The molecule has 1 amide bonds. The van der Waals surface area contributed by atoms with Gasteiger partial charge in [-0.3, -0.25) is 5.32 Å². The highest BCUT2D eigenvalue weighted by molar-refractivity contribution is 6.35. The first-order valence-corrected chi connectivity index (χ1v) is 8.79. The van der Waals surface area contributed by atoms with E-state index in [1.54, 1.807) is 18.2 Å². The summed E-state index contributed by atoms with van der Waals surface area (Å²) >= 11 is 11.9. The second kappa shape index (κ2) is 7.56. The quantitative estimate of drug-likeness (QED) is 0.747. The molecule has 0 bridgehead atoms. The number of rotatable bonds is 4. The monoisotopic (exact) mass is 392 g/mol. The van der Waals surface area contributed by atoms with E-state index in [1.165, 1.54) is 0 Å². The van der Waals surface area contributed by atoms with Gasteiger partial charge in [-0.25, -0.2) is 9.79 Å². The van der Waals surface area contributed by atoms with Gasteiger partial charge in [0.05, 0.1) is 5.54 Å². The van der Waals surface area contributed by atoms with Crippen molar-refractivity contribution in [2.24, 2.45) is 4.99 Å².